The zero-order chi connectivity index (χ0) is 18.5. The summed E-state index contributed by atoms with van der Waals surface area (Å²) in [6.07, 6.45) is 0.667. The number of aryl methyl sites for hydroxylation is 1. The van der Waals surface area contributed by atoms with E-state index in [0.29, 0.717) is 25.2 Å². The number of benzene rings is 2. The Kier molecular flexibility index (Phi) is 5.36. The number of hydrogen-bond donors (Lipinski definition) is 2. The zero-order valence-corrected chi connectivity index (χ0v) is 14.4. The lowest BCUT2D eigenvalue weighted by atomic mass is 10.1. The zero-order valence-electron chi connectivity index (χ0n) is 14.4. The van der Waals surface area contributed by atoms with Crippen molar-refractivity contribution >= 4 is 23.3 Å². The molecule has 136 valence electrons. The van der Waals surface area contributed by atoms with E-state index in [-0.39, 0.29) is 24.1 Å². The van der Waals surface area contributed by atoms with Crippen LogP contribution in [0.15, 0.2) is 42.5 Å². The van der Waals surface area contributed by atoms with Gasteiger partial charge in [-0.25, -0.2) is 9.18 Å². The van der Waals surface area contributed by atoms with E-state index in [2.05, 4.69) is 10.6 Å². The van der Waals surface area contributed by atoms with Crippen molar-refractivity contribution in [3.63, 3.8) is 0 Å². The van der Waals surface area contributed by atoms with Crippen molar-refractivity contribution in [1.82, 2.24) is 5.32 Å². The molecule has 0 unspecified atom stereocenters. The van der Waals surface area contributed by atoms with Crippen LogP contribution in [0, 0.1) is 5.82 Å². The summed E-state index contributed by atoms with van der Waals surface area (Å²) >= 11 is 0. The minimum absolute atomic E-state index is 0.117. The number of carbonyl (C=O) groups excluding carboxylic acids is 2. The van der Waals surface area contributed by atoms with Crippen LogP contribution in [0.2, 0.25) is 0 Å². The summed E-state index contributed by atoms with van der Waals surface area (Å²) in [4.78, 5) is 25.4. The van der Waals surface area contributed by atoms with Crippen molar-refractivity contribution in [2.75, 3.05) is 30.4 Å². The van der Waals surface area contributed by atoms with Crippen LogP contribution in [0.3, 0.4) is 0 Å². The van der Waals surface area contributed by atoms with E-state index < -0.39 is 5.82 Å². The summed E-state index contributed by atoms with van der Waals surface area (Å²) in [5.41, 5.74) is 2.17. The van der Waals surface area contributed by atoms with E-state index in [1.807, 2.05) is 0 Å². The molecule has 3 rings (SSSR count). The normalized spacial score (nSPS) is 13.5. The average molecular weight is 357 g/mol. The quantitative estimate of drug-likeness (QED) is 0.835. The predicted octanol–water partition coefficient (Wildman–Crippen LogP) is 2.94. The molecule has 0 atom stereocenters. The Morgan fingerprint density at radius 2 is 2.04 bits per heavy atom. The number of amides is 3. The first-order valence-electron chi connectivity index (χ1n) is 8.34. The molecule has 1 fully saturated rings. The molecule has 2 aromatic rings. The molecule has 3 amide bonds. The van der Waals surface area contributed by atoms with Gasteiger partial charge < -0.3 is 15.4 Å². The van der Waals surface area contributed by atoms with Gasteiger partial charge in [0.05, 0.1) is 7.11 Å². The minimum Gasteiger partial charge on any atom is -0.494 e. The summed E-state index contributed by atoms with van der Waals surface area (Å²) in [5.74, 6) is -0.412. The van der Waals surface area contributed by atoms with Crippen LogP contribution >= 0.6 is 0 Å². The summed E-state index contributed by atoms with van der Waals surface area (Å²) in [7, 11) is 1.41. The SMILES string of the molecule is COc1ccc(CCC(=O)Nc2ccc(N3CCNC3=O)cc2)cc1F. The fraction of sp³-hybridized carbons (Fsp3) is 0.263. The molecule has 0 aliphatic carbocycles. The standard InChI is InChI=1S/C19H20FN3O3/c1-26-17-8-2-13(12-16(17)20)3-9-18(24)22-14-4-6-15(7-5-14)23-11-10-21-19(23)25/h2,4-8,12H,3,9-11H2,1H3,(H,21,25)(H,22,24). The highest BCUT2D eigenvalue weighted by Crippen LogP contribution is 2.21. The summed E-state index contributed by atoms with van der Waals surface area (Å²) in [6, 6.07) is 11.6. The van der Waals surface area contributed by atoms with Crippen molar-refractivity contribution in [2.45, 2.75) is 12.8 Å². The van der Waals surface area contributed by atoms with E-state index in [0.717, 1.165) is 11.3 Å². The monoisotopic (exact) mass is 357 g/mol. The fourth-order valence-electron chi connectivity index (χ4n) is 2.79. The van der Waals surface area contributed by atoms with Gasteiger partial charge in [-0.05, 0) is 48.4 Å². The van der Waals surface area contributed by atoms with Gasteiger partial charge in [0, 0.05) is 30.9 Å². The van der Waals surface area contributed by atoms with E-state index in [9.17, 15) is 14.0 Å². The first-order chi connectivity index (χ1) is 12.6. The van der Waals surface area contributed by atoms with Gasteiger partial charge in [-0.2, -0.15) is 0 Å². The highest BCUT2D eigenvalue weighted by molar-refractivity contribution is 5.95. The second kappa shape index (κ2) is 7.86. The lowest BCUT2D eigenvalue weighted by Gasteiger charge is -2.14. The molecule has 0 aromatic heterocycles. The van der Waals surface area contributed by atoms with Gasteiger partial charge in [-0.3, -0.25) is 9.69 Å². The number of halogens is 1. The second-order valence-corrected chi connectivity index (χ2v) is 5.95. The highest BCUT2D eigenvalue weighted by atomic mass is 19.1. The first kappa shape index (κ1) is 17.7. The van der Waals surface area contributed by atoms with Crippen molar-refractivity contribution in [2.24, 2.45) is 0 Å². The molecule has 2 N–H and O–H groups in total. The number of nitrogens with zero attached hydrogens (tertiary/aromatic N) is 1. The number of ether oxygens (including phenoxy) is 1. The maximum atomic E-state index is 13.7. The Labute approximate surface area is 150 Å². The molecule has 1 saturated heterocycles. The smallest absolute Gasteiger partial charge is 0.321 e. The van der Waals surface area contributed by atoms with Crippen LogP contribution in [0.5, 0.6) is 5.75 Å². The maximum absolute atomic E-state index is 13.7. The Balaban J connectivity index is 1.53. The topological polar surface area (TPSA) is 70.7 Å². The van der Waals surface area contributed by atoms with Gasteiger partial charge >= 0.3 is 6.03 Å². The predicted molar refractivity (Wildman–Crippen MR) is 97.1 cm³/mol. The van der Waals surface area contributed by atoms with Gasteiger partial charge in [0.2, 0.25) is 5.91 Å². The molecular formula is C19H20FN3O3. The van der Waals surface area contributed by atoms with Crippen LogP contribution in [-0.2, 0) is 11.2 Å². The van der Waals surface area contributed by atoms with Gasteiger partial charge in [-0.15, -0.1) is 0 Å². The van der Waals surface area contributed by atoms with Crippen LogP contribution < -0.4 is 20.3 Å². The Hall–Kier alpha value is -3.09. The van der Waals surface area contributed by atoms with E-state index >= 15 is 0 Å². The third kappa shape index (κ3) is 4.11. The number of carbonyl (C=O) groups is 2. The first-order valence-corrected chi connectivity index (χ1v) is 8.34. The van der Waals surface area contributed by atoms with Crippen molar-refractivity contribution in [1.29, 1.82) is 0 Å². The van der Waals surface area contributed by atoms with E-state index in [4.69, 9.17) is 4.74 Å². The van der Waals surface area contributed by atoms with Crippen LogP contribution in [0.4, 0.5) is 20.6 Å². The molecule has 0 bridgehead atoms. The number of hydrogen-bond acceptors (Lipinski definition) is 3. The number of nitrogens with one attached hydrogen (secondary N) is 2. The molecule has 2 aromatic carbocycles. The van der Waals surface area contributed by atoms with Crippen LogP contribution in [0.1, 0.15) is 12.0 Å². The third-order valence-electron chi connectivity index (χ3n) is 4.18. The van der Waals surface area contributed by atoms with Crippen LogP contribution in [0.25, 0.3) is 0 Å². The average Bonchev–Trinajstić information content (AvgIpc) is 3.07. The Bertz CT molecular complexity index is 808. The number of rotatable bonds is 6. The van der Waals surface area contributed by atoms with E-state index in [1.165, 1.54) is 13.2 Å². The molecule has 1 aliphatic heterocycles. The molecule has 7 heteroatoms. The minimum atomic E-state index is -0.438. The fourth-order valence-corrected chi connectivity index (χ4v) is 2.79. The molecule has 0 spiro atoms. The molecule has 6 nitrogen and oxygen atoms in total. The maximum Gasteiger partial charge on any atom is 0.321 e. The van der Waals surface area contributed by atoms with E-state index in [1.54, 1.807) is 41.3 Å². The Morgan fingerprint density at radius 3 is 2.65 bits per heavy atom. The Morgan fingerprint density at radius 1 is 1.27 bits per heavy atom. The molecule has 26 heavy (non-hydrogen) atoms. The molecule has 1 aliphatic rings. The lowest BCUT2D eigenvalue weighted by Crippen LogP contribution is -2.27. The molecular weight excluding hydrogens is 337 g/mol. The summed E-state index contributed by atoms with van der Waals surface area (Å²) < 4.78 is 18.5. The van der Waals surface area contributed by atoms with Gasteiger partial charge in [0.1, 0.15) is 0 Å². The van der Waals surface area contributed by atoms with Crippen molar-refractivity contribution in [3.8, 4) is 5.75 Å². The largest absolute Gasteiger partial charge is 0.494 e. The third-order valence-corrected chi connectivity index (χ3v) is 4.18. The number of anilines is 2. The highest BCUT2D eigenvalue weighted by Gasteiger charge is 2.20. The van der Waals surface area contributed by atoms with Crippen molar-refractivity contribution < 1.29 is 18.7 Å². The van der Waals surface area contributed by atoms with Crippen molar-refractivity contribution in [3.05, 3.63) is 53.8 Å². The van der Waals surface area contributed by atoms with Gasteiger partial charge in [0.15, 0.2) is 11.6 Å². The van der Waals surface area contributed by atoms with Gasteiger partial charge in [0.25, 0.3) is 0 Å². The molecule has 0 radical (unpaired) electrons. The molecule has 0 saturated carbocycles. The number of urea groups is 1. The number of methoxy groups -OCH3 is 1. The summed E-state index contributed by atoms with van der Waals surface area (Å²) in [6.45, 7) is 1.26. The van der Waals surface area contributed by atoms with Gasteiger partial charge in [-0.1, -0.05) is 6.07 Å². The second-order valence-electron chi connectivity index (χ2n) is 5.95. The lowest BCUT2D eigenvalue weighted by molar-refractivity contribution is -0.116. The molecule has 1 heterocycles. The summed E-state index contributed by atoms with van der Waals surface area (Å²) in [5, 5.41) is 5.54. The van der Waals surface area contributed by atoms with Crippen LogP contribution in [-0.4, -0.2) is 32.1 Å².